The SMILES string of the molecule is COc1cc(C(=O)N2CCC3CCC(C2)N3)cc(OC)c1OCc1ccccc1. The summed E-state index contributed by atoms with van der Waals surface area (Å²) in [5.74, 6) is 1.51. The average Bonchev–Trinajstić information content (AvgIpc) is 3.10. The standard InChI is InChI=1S/C23H28N2O4/c1-27-20-12-17(23(26)25-11-10-18-8-9-19(14-25)24-18)13-21(28-2)22(20)29-15-16-6-4-3-5-7-16/h3-7,12-13,18-19,24H,8-11,14-15H2,1-2H3. The Balaban J connectivity index is 1.55. The highest BCUT2D eigenvalue weighted by molar-refractivity contribution is 5.95. The van der Waals surface area contributed by atoms with Gasteiger partial charge in [-0.05, 0) is 37.0 Å². The van der Waals surface area contributed by atoms with Crippen molar-refractivity contribution in [3.63, 3.8) is 0 Å². The number of hydrogen-bond donors (Lipinski definition) is 1. The van der Waals surface area contributed by atoms with Gasteiger partial charge in [0.25, 0.3) is 5.91 Å². The second-order valence-electron chi connectivity index (χ2n) is 7.66. The molecule has 2 unspecified atom stereocenters. The van der Waals surface area contributed by atoms with Crippen LogP contribution in [0.4, 0.5) is 0 Å². The van der Waals surface area contributed by atoms with E-state index >= 15 is 0 Å². The van der Waals surface area contributed by atoms with Gasteiger partial charge < -0.3 is 24.4 Å². The molecule has 2 aliphatic rings. The topological polar surface area (TPSA) is 60.0 Å². The number of fused-ring (bicyclic) bond motifs is 2. The van der Waals surface area contributed by atoms with Crippen LogP contribution in [0, 0.1) is 0 Å². The monoisotopic (exact) mass is 396 g/mol. The van der Waals surface area contributed by atoms with Crippen LogP contribution in [0.2, 0.25) is 0 Å². The van der Waals surface area contributed by atoms with Gasteiger partial charge in [-0.1, -0.05) is 30.3 Å². The molecule has 1 N–H and O–H groups in total. The fraction of sp³-hybridized carbons (Fsp3) is 0.435. The van der Waals surface area contributed by atoms with Gasteiger partial charge in [0.1, 0.15) is 6.61 Å². The molecule has 2 atom stereocenters. The van der Waals surface area contributed by atoms with Crippen LogP contribution in [0.3, 0.4) is 0 Å². The van der Waals surface area contributed by atoms with E-state index in [1.165, 1.54) is 6.42 Å². The van der Waals surface area contributed by atoms with Gasteiger partial charge in [-0.2, -0.15) is 0 Å². The Kier molecular flexibility index (Phi) is 5.90. The molecule has 2 saturated heterocycles. The van der Waals surface area contributed by atoms with Crippen LogP contribution in [0.25, 0.3) is 0 Å². The number of benzene rings is 2. The van der Waals surface area contributed by atoms with E-state index in [9.17, 15) is 4.79 Å². The number of rotatable bonds is 6. The maximum Gasteiger partial charge on any atom is 0.254 e. The van der Waals surface area contributed by atoms with Crippen molar-refractivity contribution >= 4 is 5.91 Å². The number of amides is 1. The summed E-state index contributed by atoms with van der Waals surface area (Å²) in [6.45, 7) is 1.90. The summed E-state index contributed by atoms with van der Waals surface area (Å²) >= 11 is 0. The molecule has 154 valence electrons. The molecule has 0 spiro atoms. The molecule has 2 aliphatic heterocycles. The van der Waals surface area contributed by atoms with E-state index in [1.54, 1.807) is 26.4 Å². The number of nitrogens with zero attached hydrogens (tertiary/aromatic N) is 1. The van der Waals surface area contributed by atoms with Gasteiger partial charge in [0.15, 0.2) is 11.5 Å². The van der Waals surface area contributed by atoms with Crippen LogP contribution < -0.4 is 19.5 Å². The first-order valence-electron chi connectivity index (χ1n) is 10.2. The Morgan fingerprint density at radius 2 is 1.72 bits per heavy atom. The van der Waals surface area contributed by atoms with Crippen molar-refractivity contribution in [3.05, 3.63) is 53.6 Å². The summed E-state index contributed by atoms with van der Waals surface area (Å²) in [5, 5.41) is 3.61. The fourth-order valence-corrected chi connectivity index (χ4v) is 4.19. The Hall–Kier alpha value is -2.73. The van der Waals surface area contributed by atoms with E-state index in [4.69, 9.17) is 14.2 Å². The zero-order valence-corrected chi connectivity index (χ0v) is 17.0. The van der Waals surface area contributed by atoms with Gasteiger partial charge >= 0.3 is 0 Å². The highest BCUT2D eigenvalue weighted by Gasteiger charge is 2.32. The Morgan fingerprint density at radius 3 is 2.41 bits per heavy atom. The predicted octanol–water partition coefficient (Wildman–Crippen LogP) is 3.25. The van der Waals surface area contributed by atoms with Crippen LogP contribution >= 0.6 is 0 Å². The summed E-state index contributed by atoms with van der Waals surface area (Å²) < 4.78 is 17.1. The minimum Gasteiger partial charge on any atom is -0.493 e. The number of carbonyl (C=O) groups is 1. The molecule has 6 nitrogen and oxygen atoms in total. The lowest BCUT2D eigenvalue weighted by molar-refractivity contribution is 0.0747. The molecule has 2 bridgehead atoms. The molecule has 29 heavy (non-hydrogen) atoms. The van der Waals surface area contributed by atoms with Gasteiger partial charge in [-0.25, -0.2) is 0 Å². The second kappa shape index (κ2) is 8.74. The number of likely N-dealkylation sites (tertiary alicyclic amines) is 1. The zero-order chi connectivity index (χ0) is 20.2. The number of carbonyl (C=O) groups excluding carboxylic acids is 1. The number of hydrogen-bond acceptors (Lipinski definition) is 5. The van der Waals surface area contributed by atoms with Gasteiger partial charge in [-0.15, -0.1) is 0 Å². The van der Waals surface area contributed by atoms with Crippen molar-refractivity contribution in [1.82, 2.24) is 10.2 Å². The fourth-order valence-electron chi connectivity index (χ4n) is 4.19. The molecule has 0 radical (unpaired) electrons. The maximum absolute atomic E-state index is 13.2. The summed E-state index contributed by atoms with van der Waals surface area (Å²) in [6, 6.07) is 14.3. The Labute approximate surface area is 171 Å². The van der Waals surface area contributed by atoms with Crippen molar-refractivity contribution in [2.24, 2.45) is 0 Å². The zero-order valence-electron chi connectivity index (χ0n) is 17.0. The highest BCUT2D eigenvalue weighted by Crippen LogP contribution is 2.39. The van der Waals surface area contributed by atoms with Crippen LogP contribution in [0.15, 0.2) is 42.5 Å². The molecule has 6 heteroatoms. The highest BCUT2D eigenvalue weighted by atomic mass is 16.5. The molecule has 4 rings (SSSR count). The predicted molar refractivity (Wildman–Crippen MR) is 111 cm³/mol. The molecule has 2 fully saturated rings. The average molecular weight is 396 g/mol. The van der Waals surface area contributed by atoms with Crippen LogP contribution in [0.1, 0.15) is 35.2 Å². The smallest absolute Gasteiger partial charge is 0.254 e. The molecule has 0 aliphatic carbocycles. The Bertz CT molecular complexity index is 830. The summed E-state index contributed by atoms with van der Waals surface area (Å²) in [4.78, 5) is 15.1. The van der Waals surface area contributed by atoms with Crippen molar-refractivity contribution in [1.29, 1.82) is 0 Å². The third kappa shape index (κ3) is 4.32. The lowest BCUT2D eigenvalue weighted by Crippen LogP contribution is -2.39. The molecular formula is C23H28N2O4. The minimum atomic E-state index is 0.00515. The first-order chi connectivity index (χ1) is 14.2. The largest absolute Gasteiger partial charge is 0.493 e. The van der Waals surface area contributed by atoms with E-state index in [0.717, 1.165) is 31.5 Å². The van der Waals surface area contributed by atoms with Gasteiger partial charge in [-0.3, -0.25) is 4.79 Å². The molecule has 2 heterocycles. The van der Waals surface area contributed by atoms with Gasteiger partial charge in [0, 0.05) is 30.7 Å². The van der Waals surface area contributed by atoms with Crippen molar-refractivity contribution in [3.8, 4) is 17.2 Å². The second-order valence-corrected chi connectivity index (χ2v) is 7.66. The van der Waals surface area contributed by atoms with Crippen LogP contribution in [0.5, 0.6) is 17.2 Å². The summed E-state index contributed by atoms with van der Waals surface area (Å²) in [6.07, 6.45) is 3.34. The maximum atomic E-state index is 13.2. The molecular weight excluding hydrogens is 368 g/mol. The van der Waals surface area contributed by atoms with E-state index in [2.05, 4.69) is 5.32 Å². The number of ether oxygens (including phenoxy) is 3. The molecule has 2 aromatic carbocycles. The number of methoxy groups -OCH3 is 2. The quantitative estimate of drug-likeness (QED) is 0.812. The lowest BCUT2D eigenvalue weighted by Gasteiger charge is -2.25. The third-order valence-corrected chi connectivity index (χ3v) is 5.74. The van der Waals surface area contributed by atoms with E-state index in [-0.39, 0.29) is 5.91 Å². The molecule has 0 saturated carbocycles. The Morgan fingerprint density at radius 1 is 1.03 bits per heavy atom. The van der Waals surface area contributed by atoms with E-state index < -0.39 is 0 Å². The summed E-state index contributed by atoms with van der Waals surface area (Å²) in [5.41, 5.74) is 1.60. The summed E-state index contributed by atoms with van der Waals surface area (Å²) in [7, 11) is 3.15. The molecule has 0 aromatic heterocycles. The third-order valence-electron chi connectivity index (χ3n) is 5.74. The minimum absolute atomic E-state index is 0.00515. The first kappa shape index (κ1) is 19.6. The molecule has 1 amide bonds. The van der Waals surface area contributed by atoms with Crippen molar-refractivity contribution in [2.45, 2.75) is 38.0 Å². The van der Waals surface area contributed by atoms with Crippen LogP contribution in [-0.2, 0) is 6.61 Å². The number of nitrogens with one attached hydrogen (secondary N) is 1. The van der Waals surface area contributed by atoms with Gasteiger partial charge in [0.05, 0.1) is 14.2 Å². The van der Waals surface area contributed by atoms with Crippen LogP contribution in [-0.4, -0.2) is 50.2 Å². The van der Waals surface area contributed by atoms with Crippen molar-refractivity contribution < 1.29 is 19.0 Å². The van der Waals surface area contributed by atoms with E-state index in [1.807, 2.05) is 35.2 Å². The van der Waals surface area contributed by atoms with Gasteiger partial charge in [0.2, 0.25) is 5.75 Å². The molecule has 2 aromatic rings. The first-order valence-corrected chi connectivity index (χ1v) is 10.2. The lowest BCUT2D eigenvalue weighted by atomic mass is 10.1. The normalized spacial score (nSPS) is 20.8. The van der Waals surface area contributed by atoms with Crippen molar-refractivity contribution in [2.75, 3.05) is 27.3 Å². The van der Waals surface area contributed by atoms with E-state index in [0.29, 0.717) is 41.5 Å².